The van der Waals surface area contributed by atoms with E-state index in [9.17, 15) is 0 Å². The summed E-state index contributed by atoms with van der Waals surface area (Å²) < 4.78 is 0. The monoisotopic (exact) mass is 233 g/mol. The summed E-state index contributed by atoms with van der Waals surface area (Å²) in [5.41, 5.74) is 7.76. The quantitative estimate of drug-likeness (QED) is 0.887. The molecule has 84 valence electrons. The van der Waals surface area contributed by atoms with E-state index in [1.807, 2.05) is 18.2 Å². The van der Waals surface area contributed by atoms with Crippen LogP contribution in [0.1, 0.15) is 30.3 Å². The van der Waals surface area contributed by atoms with Crippen LogP contribution in [0.4, 0.5) is 0 Å². The highest BCUT2D eigenvalue weighted by Gasteiger charge is 2.14. The number of pyridine rings is 1. The van der Waals surface area contributed by atoms with Gasteiger partial charge >= 0.3 is 0 Å². The van der Waals surface area contributed by atoms with E-state index in [0.29, 0.717) is 12.5 Å². The molecule has 0 bridgehead atoms. The van der Waals surface area contributed by atoms with E-state index in [-0.39, 0.29) is 0 Å². The molecule has 0 aromatic carbocycles. The predicted molar refractivity (Wildman–Crippen MR) is 67.3 cm³/mol. The van der Waals surface area contributed by atoms with Crippen molar-refractivity contribution in [1.29, 1.82) is 0 Å². The second-order valence-corrected chi connectivity index (χ2v) is 4.98. The summed E-state index contributed by atoms with van der Waals surface area (Å²) in [6.07, 6.45) is 1.79. The van der Waals surface area contributed by atoms with Crippen LogP contribution in [-0.4, -0.2) is 9.97 Å². The Labute approximate surface area is 99.4 Å². The van der Waals surface area contributed by atoms with Gasteiger partial charge in [-0.1, -0.05) is 19.9 Å². The van der Waals surface area contributed by atoms with Crippen LogP contribution in [0, 0.1) is 0 Å². The Balaban J connectivity index is 2.44. The zero-order chi connectivity index (χ0) is 11.5. The van der Waals surface area contributed by atoms with E-state index in [4.69, 9.17) is 5.73 Å². The highest BCUT2D eigenvalue weighted by molar-refractivity contribution is 7.15. The molecule has 0 radical (unpaired) electrons. The zero-order valence-corrected chi connectivity index (χ0v) is 10.3. The Morgan fingerprint density at radius 3 is 2.69 bits per heavy atom. The van der Waals surface area contributed by atoms with Crippen molar-refractivity contribution in [3.8, 4) is 10.7 Å². The molecule has 2 rings (SSSR count). The summed E-state index contributed by atoms with van der Waals surface area (Å²) >= 11 is 1.64. The Kier molecular flexibility index (Phi) is 3.31. The topological polar surface area (TPSA) is 51.8 Å². The number of nitrogens with two attached hydrogens (primary N) is 1. The Hall–Kier alpha value is -1.26. The largest absolute Gasteiger partial charge is 0.326 e. The minimum absolute atomic E-state index is 0.410. The van der Waals surface area contributed by atoms with Crippen LogP contribution < -0.4 is 5.73 Å². The van der Waals surface area contributed by atoms with Gasteiger partial charge in [0.2, 0.25) is 0 Å². The van der Waals surface area contributed by atoms with Gasteiger partial charge in [0.25, 0.3) is 0 Å². The Morgan fingerprint density at radius 1 is 1.38 bits per heavy atom. The van der Waals surface area contributed by atoms with E-state index in [1.165, 1.54) is 0 Å². The lowest BCUT2D eigenvalue weighted by Crippen LogP contribution is -1.99. The maximum Gasteiger partial charge on any atom is 0.142 e. The number of hydrogen-bond donors (Lipinski definition) is 1. The van der Waals surface area contributed by atoms with Crippen molar-refractivity contribution in [2.75, 3.05) is 0 Å². The van der Waals surface area contributed by atoms with Gasteiger partial charge < -0.3 is 5.73 Å². The van der Waals surface area contributed by atoms with Gasteiger partial charge in [-0.3, -0.25) is 4.98 Å². The summed E-state index contributed by atoms with van der Waals surface area (Å²) in [6, 6.07) is 5.86. The van der Waals surface area contributed by atoms with Crippen molar-refractivity contribution in [1.82, 2.24) is 9.97 Å². The number of hydrogen-bond acceptors (Lipinski definition) is 4. The maximum atomic E-state index is 5.73. The smallest absolute Gasteiger partial charge is 0.142 e. The first kappa shape index (κ1) is 11.2. The number of rotatable bonds is 3. The number of nitrogens with zero attached hydrogens (tertiary/aromatic N) is 2. The van der Waals surface area contributed by atoms with Crippen LogP contribution >= 0.6 is 11.3 Å². The standard InChI is InChI=1S/C12H15N3S/c1-8(2)11-10(7-13)16-12(15-11)9-5-3-4-6-14-9/h3-6,8H,7,13H2,1-2H3. The Morgan fingerprint density at radius 2 is 2.19 bits per heavy atom. The van der Waals surface area contributed by atoms with Gasteiger partial charge in [0, 0.05) is 17.6 Å². The zero-order valence-electron chi connectivity index (χ0n) is 9.47. The average Bonchev–Trinajstić information content (AvgIpc) is 2.74. The molecule has 0 atom stereocenters. The molecule has 0 aliphatic rings. The predicted octanol–water partition coefficient (Wildman–Crippen LogP) is 2.79. The van der Waals surface area contributed by atoms with E-state index in [2.05, 4.69) is 23.8 Å². The fourth-order valence-corrected chi connectivity index (χ4v) is 2.63. The minimum Gasteiger partial charge on any atom is -0.326 e. The van der Waals surface area contributed by atoms with Crippen molar-refractivity contribution < 1.29 is 0 Å². The molecule has 0 saturated heterocycles. The van der Waals surface area contributed by atoms with Crippen LogP contribution in [0.15, 0.2) is 24.4 Å². The van der Waals surface area contributed by atoms with Crippen LogP contribution in [0.25, 0.3) is 10.7 Å². The van der Waals surface area contributed by atoms with Crippen molar-refractivity contribution in [2.45, 2.75) is 26.3 Å². The first-order chi connectivity index (χ1) is 7.72. The van der Waals surface area contributed by atoms with E-state index in [1.54, 1.807) is 17.5 Å². The lowest BCUT2D eigenvalue weighted by molar-refractivity contribution is 0.813. The molecule has 0 unspecified atom stereocenters. The van der Waals surface area contributed by atoms with Crippen LogP contribution in [-0.2, 0) is 6.54 Å². The van der Waals surface area contributed by atoms with Gasteiger partial charge in [0.15, 0.2) is 0 Å². The van der Waals surface area contributed by atoms with Crippen LogP contribution in [0.2, 0.25) is 0 Å². The normalized spacial score (nSPS) is 11.0. The van der Waals surface area contributed by atoms with Crippen LogP contribution in [0.5, 0.6) is 0 Å². The molecule has 0 aliphatic carbocycles. The first-order valence-electron chi connectivity index (χ1n) is 5.33. The molecule has 16 heavy (non-hydrogen) atoms. The fourth-order valence-electron chi connectivity index (χ4n) is 1.56. The van der Waals surface area contributed by atoms with Gasteiger partial charge in [0.1, 0.15) is 5.01 Å². The molecular weight excluding hydrogens is 218 g/mol. The average molecular weight is 233 g/mol. The van der Waals surface area contributed by atoms with E-state index >= 15 is 0 Å². The molecule has 0 aliphatic heterocycles. The summed E-state index contributed by atoms with van der Waals surface area (Å²) in [4.78, 5) is 10.1. The summed E-state index contributed by atoms with van der Waals surface area (Å²) in [5.74, 6) is 0.410. The summed E-state index contributed by atoms with van der Waals surface area (Å²) in [6.45, 7) is 4.82. The molecular formula is C12H15N3S. The van der Waals surface area contributed by atoms with E-state index < -0.39 is 0 Å². The molecule has 4 heteroatoms. The maximum absolute atomic E-state index is 5.73. The third-order valence-electron chi connectivity index (χ3n) is 2.34. The van der Waals surface area contributed by atoms with Crippen molar-refractivity contribution in [3.05, 3.63) is 35.0 Å². The van der Waals surface area contributed by atoms with Gasteiger partial charge in [-0.2, -0.15) is 0 Å². The third-order valence-corrected chi connectivity index (χ3v) is 3.46. The number of thiazole rings is 1. The van der Waals surface area contributed by atoms with Gasteiger partial charge in [0.05, 0.1) is 11.4 Å². The molecule has 2 aromatic heterocycles. The highest BCUT2D eigenvalue weighted by Crippen LogP contribution is 2.30. The second kappa shape index (κ2) is 4.72. The summed E-state index contributed by atoms with van der Waals surface area (Å²) in [7, 11) is 0. The van der Waals surface area contributed by atoms with Gasteiger partial charge in [-0.25, -0.2) is 4.98 Å². The molecule has 3 nitrogen and oxygen atoms in total. The molecule has 0 saturated carbocycles. The van der Waals surface area contributed by atoms with Crippen molar-refractivity contribution >= 4 is 11.3 Å². The second-order valence-electron chi connectivity index (χ2n) is 3.90. The molecule has 2 aromatic rings. The molecule has 2 heterocycles. The summed E-state index contributed by atoms with van der Waals surface area (Å²) in [5, 5.41) is 0.963. The number of aromatic nitrogens is 2. The lowest BCUT2D eigenvalue weighted by Gasteiger charge is -2.01. The SMILES string of the molecule is CC(C)c1nc(-c2ccccn2)sc1CN. The Bertz CT molecular complexity index is 462. The molecule has 0 fully saturated rings. The van der Waals surface area contributed by atoms with Gasteiger partial charge in [-0.15, -0.1) is 11.3 Å². The molecule has 2 N–H and O–H groups in total. The van der Waals surface area contributed by atoms with Crippen LogP contribution in [0.3, 0.4) is 0 Å². The van der Waals surface area contributed by atoms with Gasteiger partial charge in [-0.05, 0) is 18.1 Å². The van der Waals surface area contributed by atoms with Crippen molar-refractivity contribution in [3.63, 3.8) is 0 Å². The van der Waals surface area contributed by atoms with E-state index in [0.717, 1.165) is 21.3 Å². The molecule has 0 spiro atoms. The van der Waals surface area contributed by atoms with Crippen molar-refractivity contribution in [2.24, 2.45) is 5.73 Å². The lowest BCUT2D eigenvalue weighted by atomic mass is 10.1. The first-order valence-corrected chi connectivity index (χ1v) is 6.15. The minimum atomic E-state index is 0.410. The molecule has 0 amide bonds. The third kappa shape index (κ3) is 2.13. The highest BCUT2D eigenvalue weighted by atomic mass is 32.1. The fraction of sp³-hybridized carbons (Fsp3) is 0.333.